The van der Waals surface area contributed by atoms with E-state index in [2.05, 4.69) is 0 Å². The Morgan fingerprint density at radius 2 is 1.78 bits per heavy atom. The topological polar surface area (TPSA) is 78.6 Å². The number of nitrogen functional groups attached to an aromatic ring is 1. The lowest BCUT2D eigenvalue weighted by Gasteiger charge is -2.14. The molecule has 0 spiro atoms. The Balaban J connectivity index is 2.34. The van der Waals surface area contributed by atoms with Crippen molar-refractivity contribution < 1.29 is 19.1 Å². The van der Waals surface area contributed by atoms with Gasteiger partial charge in [0.15, 0.2) is 5.78 Å². The molecular weight excluding hydrogens is 294 g/mol. The maximum atomic E-state index is 12.1. The fraction of sp³-hybridized carbons (Fsp3) is 0.222. The molecule has 2 aromatic carbocycles. The van der Waals surface area contributed by atoms with Crippen molar-refractivity contribution in [2.75, 3.05) is 12.3 Å². The number of esters is 1. The zero-order chi connectivity index (χ0) is 16.8. The number of carbonyl (C=O) groups excluding carboxylic acids is 2. The van der Waals surface area contributed by atoms with Crippen LogP contribution in [0, 0.1) is 0 Å². The number of nitrogens with two attached hydrogens (primary N) is 1. The summed E-state index contributed by atoms with van der Waals surface area (Å²) in [6.45, 7) is 3.62. The van der Waals surface area contributed by atoms with Crippen LogP contribution in [0.15, 0.2) is 42.5 Å². The lowest BCUT2D eigenvalue weighted by atomic mass is 10.0. The molecule has 23 heavy (non-hydrogen) atoms. The van der Waals surface area contributed by atoms with Crippen molar-refractivity contribution in [1.82, 2.24) is 0 Å². The third-order valence-corrected chi connectivity index (χ3v) is 3.26. The molecule has 5 nitrogen and oxygen atoms in total. The first kappa shape index (κ1) is 16.5. The predicted molar refractivity (Wildman–Crippen MR) is 87.6 cm³/mol. The Bertz CT molecular complexity index is 710. The second kappa shape index (κ2) is 7.45. The Morgan fingerprint density at radius 3 is 2.39 bits per heavy atom. The highest BCUT2D eigenvalue weighted by atomic mass is 16.5. The average molecular weight is 313 g/mol. The second-order valence-electron chi connectivity index (χ2n) is 4.99. The van der Waals surface area contributed by atoms with Crippen LogP contribution in [-0.4, -0.2) is 18.4 Å². The minimum atomic E-state index is -0.543. The number of Topliss-reactive ketones (excluding diaryl/α,β-unsaturated/α-hetero) is 1. The van der Waals surface area contributed by atoms with Gasteiger partial charge in [-0.1, -0.05) is 30.3 Å². The molecule has 120 valence electrons. The molecule has 0 amide bonds. The molecule has 0 aliphatic rings. The van der Waals surface area contributed by atoms with Crippen molar-refractivity contribution in [3.63, 3.8) is 0 Å². The van der Waals surface area contributed by atoms with Gasteiger partial charge < -0.3 is 15.2 Å². The highest BCUT2D eigenvalue weighted by molar-refractivity contribution is 6.03. The van der Waals surface area contributed by atoms with E-state index in [1.54, 1.807) is 6.92 Å². The standard InChI is InChI=1S/C18H19NO4/c1-3-22-18(21)15-9-14(12(2)20)16(19)10-17(15)23-11-13-7-5-4-6-8-13/h4-10H,3,11,19H2,1-2H3. The molecule has 0 aromatic heterocycles. The zero-order valence-electron chi connectivity index (χ0n) is 13.2. The van der Waals surface area contributed by atoms with Crippen LogP contribution in [0.4, 0.5) is 5.69 Å². The van der Waals surface area contributed by atoms with Gasteiger partial charge in [0.1, 0.15) is 17.9 Å². The van der Waals surface area contributed by atoms with Gasteiger partial charge in [-0.3, -0.25) is 4.79 Å². The largest absolute Gasteiger partial charge is 0.488 e. The molecule has 0 bridgehead atoms. The highest BCUT2D eigenvalue weighted by Crippen LogP contribution is 2.27. The number of hydrogen-bond donors (Lipinski definition) is 1. The first-order chi connectivity index (χ1) is 11.0. The molecule has 2 N–H and O–H groups in total. The quantitative estimate of drug-likeness (QED) is 0.503. The summed E-state index contributed by atoms with van der Waals surface area (Å²) in [6, 6.07) is 12.5. The van der Waals surface area contributed by atoms with Crippen molar-refractivity contribution in [2.24, 2.45) is 0 Å². The summed E-state index contributed by atoms with van der Waals surface area (Å²) in [6.07, 6.45) is 0. The van der Waals surface area contributed by atoms with Gasteiger partial charge in [-0.15, -0.1) is 0 Å². The van der Waals surface area contributed by atoms with Crippen molar-refractivity contribution in [2.45, 2.75) is 20.5 Å². The van der Waals surface area contributed by atoms with E-state index in [1.165, 1.54) is 19.1 Å². The van der Waals surface area contributed by atoms with Crippen molar-refractivity contribution in [3.05, 3.63) is 59.2 Å². The number of ether oxygens (including phenoxy) is 2. The van der Waals surface area contributed by atoms with Crippen LogP contribution in [0.3, 0.4) is 0 Å². The molecule has 0 fully saturated rings. The van der Waals surface area contributed by atoms with E-state index in [-0.39, 0.29) is 35.8 Å². The van der Waals surface area contributed by atoms with Crippen LogP contribution in [0.2, 0.25) is 0 Å². The number of ketones is 1. The Hall–Kier alpha value is -2.82. The molecule has 0 unspecified atom stereocenters. The zero-order valence-corrected chi connectivity index (χ0v) is 13.2. The number of benzene rings is 2. The molecule has 5 heteroatoms. The third-order valence-electron chi connectivity index (χ3n) is 3.26. The summed E-state index contributed by atoms with van der Waals surface area (Å²) in [5, 5.41) is 0. The van der Waals surface area contributed by atoms with Gasteiger partial charge in [-0.2, -0.15) is 0 Å². The summed E-state index contributed by atoms with van der Waals surface area (Å²) in [4.78, 5) is 23.7. The van der Waals surface area contributed by atoms with E-state index in [4.69, 9.17) is 15.2 Å². The van der Waals surface area contributed by atoms with Crippen LogP contribution in [0.5, 0.6) is 5.75 Å². The van der Waals surface area contributed by atoms with Crippen LogP contribution < -0.4 is 10.5 Å². The van der Waals surface area contributed by atoms with Crippen molar-refractivity contribution in [3.8, 4) is 5.75 Å². The van der Waals surface area contributed by atoms with Gasteiger partial charge in [0, 0.05) is 17.3 Å². The van der Waals surface area contributed by atoms with Crippen LogP contribution in [0.25, 0.3) is 0 Å². The second-order valence-corrected chi connectivity index (χ2v) is 4.99. The van der Waals surface area contributed by atoms with Gasteiger partial charge >= 0.3 is 5.97 Å². The Morgan fingerprint density at radius 1 is 1.09 bits per heavy atom. The number of hydrogen-bond acceptors (Lipinski definition) is 5. The normalized spacial score (nSPS) is 10.2. The van der Waals surface area contributed by atoms with Crippen LogP contribution >= 0.6 is 0 Å². The predicted octanol–water partition coefficient (Wildman–Crippen LogP) is 3.23. The third kappa shape index (κ3) is 4.10. The maximum absolute atomic E-state index is 12.1. The van der Waals surface area contributed by atoms with Gasteiger partial charge in [-0.05, 0) is 25.5 Å². The van der Waals surface area contributed by atoms with E-state index >= 15 is 0 Å². The Kier molecular flexibility index (Phi) is 5.36. The number of carbonyl (C=O) groups is 2. The highest BCUT2D eigenvalue weighted by Gasteiger charge is 2.19. The summed E-state index contributed by atoms with van der Waals surface area (Å²) in [5.74, 6) is -0.462. The molecule has 2 rings (SSSR count). The summed E-state index contributed by atoms with van der Waals surface area (Å²) in [7, 11) is 0. The fourth-order valence-corrected chi connectivity index (χ4v) is 2.12. The molecular formula is C18H19NO4. The van der Waals surface area contributed by atoms with Gasteiger partial charge in [0.25, 0.3) is 0 Å². The van der Waals surface area contributed by atoms with Crippen molar-refractivity contribution >= 4 is 17.4 Å². The molecule has 0 aliphatic carbocycles. The van der Waals surface area contributed by atoms with Gasteiger partial charge in [0.2, 0.25) is 0 Å². The van der Waals surface area contributed by atoms with E-state index in [0.29, 0.717) is 5.75 Å². The summed E-state index contributed by atoms with van der Waals surface area (Å²) >= 11 is 0. The van der Waals surface area contributed by atoms with E-state index in [1.807, 2.05) is 30.3 Å². The lowest BCUT2D eigenvalue weighted by molar-refractivity contribution is 0.0521. The molecule has 0 atom stereocenters. The lowest BCUT2D eigenvalue weighted by Crippen LogP contribution is -2.11. The molecule has 0 radical (unpaired) electrons. The molecule has 0 saturated carbocycles. The van der Waals surface area contributed by atoms with E-state index < -0.39 is 5.97 Å². The summed E-state index contributed by atoms with van der Waals surface area (Å²) in [5.41, 5.74) is 7.58. The van der Waals surface area contributed by atoms with Crippen LogP contribution in [-0.2, 0) is 11.3 Å². The van der Waals surface area contributed by atoms with E-state index in [0.717, 1.165) is 5.56 Å². The number of rotatable bonds is 6. The molecule has 0 saturated heterocycles. The summed E-state index contributed by atoms with van der Waals surface area (Å²) < 4.78 is 10.7. The van der Waals surface area contributed by atoms with Crippen LogP contribution in [0.1, 0.15) is 40.1 Å². The van der Waals surface area contributed by atoms with E-state index in [9.17, 15) is 9.59 Å². The smallest absolute Gasteiger partial charge is 0.341 e. The first-order valence-electron chi connectivity index (χ1n) is 7.31. The molecule has 0 aliphatic heterocycles. The Labute approximate surface area is 135 Å². The maximum Gasteiger partial charge on any atom is 0.341 e. The fourth-order valence-electron chi connectivity index (χ4n) is 2.12. The van der Waals surface area contributed by atoms with Gasteiger partial charge in [0.05, 0.1) is 6.61 Å². The minimum Gasteiger partial charge on any atom is -0.488 e. The SMILES string of the molecule is CCOC(=O)c1cc(C(C)=O)c(N)cc1OCc1ccccc1. The number of anilines is 1. The van der Waals surface area contributed by atoms with Gasteiger partial charge in [-0.25, -0.2) is 4.79 Å². The minimum absolute atomic E-state index is 0.196. The molecule has 0 heterocycles. The monoisotopic (exact) mass is 313 g/mol. The molecule has 2 aromatic rings. The first-order valence-corrected chi connectivity index (χ1v) is 7.31. The average Bonchev–Trinajstić information content (AvgIpc) is 2.53. The van der Waals surface area contributed by atoms with Crippen molar-refractivity contribution in [1.29, 1.82) is 0 Å².